The van der Waals surface area contributed by atoms with Crippen LogP contribution >= 0.6 is 27.7 Å². The van der Waals surface area contributed by atoms with Gasteiger partial charge in [-0.3, -0.25) is 9.69 Å². The molecule has 2 aromatic rings. The summed E-state index contributed by atoms with van der Waals surface area (Å²) in [5.74, 6) is -1.18. The van der Waals surface area contributed by atoms with Crippen molar-refractivity contribution in [3.05, 3.63) is 69.0 Å². The smallest absolute Gasteiger partial charge is 0.337 e. The number of nitrogens with zero attached hydrogens (tertiary/aromatic N) is 2. The number of aromatic carboxylic acids is 1. The monoisotopic (exact) mass is 430 g/mol. The highest BCUT2D eigenvalue weighted by Gasteiger charge is 2.32. The summed E-state index contributed by atoms with van der Waals surface area (Å²) in [5, 5.41) is 9.79. The number of likely N-dealkylation sites (N-methyl/N-ethyl adjacent to an activating group) is 1. The van der Waals surface area contributed by atoms with Gasteiger partial charge in [0.15, 0.2) is 5.17 Å². The number of carboxylic acid groups (broad SMARTS) is 1. The molecule has 1 aliphatic rings. The summed E-state index contributed by atoms with van der Waals surface area (Å²) in [6.07, 6.45) is 1.81. The highest BCUT2D eigenvalue weighted by atomic mass is 79.9. The van der Waals surface area contributed by atoms with Gasteiger partial charge in [0.05, 0.1) is 16.2 Å². The Balaban J connectivity index is 1.99. The number of thioether (sulfide) groups is 1. The second-order valence-corrected chi connectivity index (χ2v) is 7.36. The van der Waals surface area contributed by atoms with Gasteiger partial charge in [0.25, 0.3) is 5.91 Å². The fraction of sp³-hybridized carbons (Fsp3) is 0.105. The number of rotatable bonds is 4. The number of hydrogen-bond acceptors (Lipinski definition) is 4. The van der Waals surface area contributed by atoms with Gasteiger partial charge in [-0.25, -0.2) is 9.79 Å². The number of amides is 1. The van der Waals surface area contributed by atoms with E-state index in [0.717, 1.165) is 10.0 Å². The molecular weight excluding hydrogens is 416 g/mol. The topological polar surface area (TPSA) is 70.0 Å². The number of benzene rings is 2. The minimum absolute atomic E-state index is 0.105. The van der Waals surface area contributed by atoms with Crippen molar-refractivity contribution in [1.29, 1.82) is 0 Å². The number of halogens is 1. The Morgan fingerprint density at radius 1 is 1.27 bits per heavy atom. The Morgan fingerprint density at radius 2 is 2.04 bits per heavy atom. The third-order valence-corrected chi connectivity index (χ3v) is 5.20. The van der Waals surface area contributed by atoms with Crippen molar-refractivity contribution >= 4 is 56.5 Å². The minimum Gasteiger partial charge on any atom is -0.478 e. The molecule has 1 heterocycles. The molecule has 7 heteroatoms. The molecule has 0 unspecified atom stereocenters. The predicted molar refractivity (Wildman–Crippen MR) is 108 cm³/mol. The van der Waals surface area contributed by atoms with Crippen LogP contribution in [-0.4, -0.2) is 33.6 Å². The number of para-hydroxylation sites is 1. The average Bonchev–Trinajstić information content (AvgIpc) is 2.90. The lowest BCUT2D eigenvalue weighted by atomic mass is 10.2. The van der Waals surface area contributed by atoms with E-state index in [1.54, 1.807) is 23.1 Å². The number of carbonyl (C=O) groups is 2. The summed E-state index contributed by atoms with van der Waals surface area (Å²) in [5.41, 5.74) is 1.34. The second-order valence-electron chi connectivity index (χ2n) is 5.43. The van der Waals surface area contributed by atoms with Crippen LogP contribution < -0.4 is 0 Å². The maximum Gasteiger partial charge on any atom is 0.337 e. The number of carboxylic acids is 1. The van der Waals surface area contributed by atoms with E-state index in [1.165, 1.54) is 17.8 Å². The predicted octanol–water partition coefficient (Wildman–Crippen LogP) is 4.77. The summed E-state index contributed by atoms with van der Waals surface area (Å²) in [4.78, 5) is 30.6. The number of aliphatic imine (C=N–C) groups is 1. The van der Waals surface area contributed by atoms with Gasteiger partial charge in [-0.05, 0) is 54.6 Å². The molecule has 26 heavy (non-hydrogen) atoms. The average molecular weight is 431 g/mol. The maximum absolute atomic E-state index is 12.7. The third-order valence-electron chi connectivity index (χ3n) is 3.70. The Hall–Kier alpha value is -2.38. The van der Waals surface area contributed by atoms with Crippen LogP contribution in [-0.2, 0) is 4.79 Å². The molecule has 0 spiro atoms. The molecule has 0 aromatic heterocycles. The fourth-order valence-electron chi connectivity index (χ4n) is 2.47. The summed E-state index contributed by atoms with van der Waals surface area (Å²) in [6, 6.07) is 14.2. The van der Waals surface area contributed by atoms with E-state index in [0.29, 0.717) is 22.3 Å². The summed E-state index contributed by atoms with van der Waals surface area (Å²) >= 11 is 4.67. The first-order valence-electron chi connectivity index (χ1n) is 7.87. The minimum atomic E-state index is -1.05. The van der Waals surface area contributed by atoms with Crippen LogP contribution in [0.2, 0.25) is 0 Å². The number of amidine groups is 1. The van der Waals surface area contributed by atoms with Gasteiger partial charge < -0.3 is 5.11 Å². The largest absolute Gasteiger partial charge is 0.478 e. The zero-order valence-corrected chi connectivity index (χ0v) is 16.3. The van der Waals surface area contributed by atoms with Crippen molar-refractivity contribution in [3.8, 4) is 0 Å². The quantitative estimate of drug-likeness (QED) is 0.708. The van der Waals surface area contributed by atoms with Gasteiger partial charge in [-0.1, -0.05) is 40.2 Å². The van der Waals surface area contributed by atoms with Gasteiger partial charge in [-0.2, -0.15) is 0 Å². The lowest BCUT2D eigenvalue weighted by molar-refractivity contribution is -0.122. The standard InChI is InChI=1S/C19H15BrN2O3S/c1-2-22-17(23)16(11-12-6-5-7-13(20)10-12)26-19(22)21-15-9-4-3-8-14(15)18(24)25/h3-11H,2H2,1H3,(H,24,25)/b16-11-,21-19?. The summed E-state index contributed by atoms with van der Waals surface area (Å²) in [6.45, 7) is 2.31. The molecule has 2 aromatic carbocycles. The molecule has 3 rings (SSSR count). The second kappa shape index (κ2) is 7.88. The molecule has 1 N–H and O–H groups in total. The fourth-order valence-corrected chi connectivity index (χ4v) is 3.95. The molecule has 0 aliphatic carbocycles. The van der Waals surface area contributed by atoms with Crippen LogP contribution in [0.3, 0.4) is 0 Å². The third kappa shape index (κ3) is 3.89. The highest BCUT2D eigenvalue weighted by Crippen LogP contribution is 2.34. The SMILES string of the molecule is CCN1C(=O)/C(=C/c2cccc(Br)c2)SC1=Nc1ccccc1C(=O)O. The van der Waals surface area contributed by atoms with Crippen LogP contribution in [0.5, 0.6) is 0 Å². The summed E-state index contributed by atoms with van der Waals surface area (Å²) in [7, 11) is 0. The Labute approximate surface area is 163 Å². The van der Waals surface area contributed by atoms with Crippen molar-refractivity contribution in [2.24, 2.45) is 4.99 Å². The lowest BCUT2D eigenvalue weighted by Crippen LogP contribution is -2.28. The number of hydrogen-bond donors (Lipinski definition) is 1. The van der Waals surface area contributed by atoms with Crippen LogP contribution in [0.1, 0.15) is 22.8 Å². The van der Waals surface area contributed by atoms with E-state index in [1.807, 2.05) is 37.3 Å². The van der Waals surface area contributed by atoms with Crippen molar-refractivity contribution in [2.45, 2.75) is 6.92 Å². The summed E-state index contributed by atoms with van der Waals surface area (Å²) < 4.78 is 0.930. The Kier molecular flexibility index (Phi) is 5.58. The van der Waals surface area contributed by atoms with E-state index in [2.05, 4.69) is 20.9 Å². The van der Waals surface area contributed by atoms with E-state index in [9.17, 15) is 14.7 Å². The van der Waals surface area contributed by atoms with Crippen LogP contribution in [0.15, 0.2) is 62.9 Å². The zero-order chi connectivity index (χ0) is 18.7. The van der Waals surface area contributed by atoms with Gasteiger partial charge in [0, 0.05) is 11.0 Å². The molecule has 132 valence electrons. The molecular formula is C19H15BrN2O3S. The first kappa shape index (κ1) is 18.4. The van der Waals surface area contributed by atoms with Gasteiger partial charge in [0.1, 0.15) is 0 Å². The van der Waals surface area contributed by atoms with Gasteiger partial charge >= 0.3 is 5.97 Å². The molecule has 5 nitrogen and oxygen atoms in total. The highest BCUT2D eigenvalue weighted by molar-refractivity contribution is 9.10. The van der Waals surface area contributed by atoms with Crippen molar-refractivity contribution < 1.29 is 14.7 Å². The van der Waals surface area contributed by atoms with Gasteiger partial charge in [-0.15, -0.1) is 0 Å². The molecule has 0 saturated carbocycles. The normalized spacial score (nSPS) is 17.3. The van der Waals surface area contributed by atoms with E-state index >= 15 is 0 Å². The zero-order valence-electron chi connectivity index (χ0n) is 13.8. The van der Waals surface area contributed by atoms with Crippen molar-refractivity contribution in [2.75, 3.05) is 6.54 Å². The lowest BCUT2D eigenvalue weighted by Gasteiger charge is -2.12. The molecule has 1 saturated heterocycles. The molecule has 1 fully saturated rings. The first-order chi connectivity index (χ1) is 12.5. The van der Waals surface area contributed by atoms with Gasteiger partial charge in [0.2, 0.25) is 0 Å². The van der Waals surface area contributed by atoms with E-state index < -0.39 is 5.97 Å². The molecule has 0 bridgehead atoms. The Morgan fingerprint density at radius 3 is 2.73 bits per heavy atom. The van der Waals surface area contributed by atoms with Crippen LogP contribution in [0, 0.1) is 0 Å². The van der Waals surface area contributed by atoms with Crippen molar-refractivity contribution in [1.82, 2.24) is 4.90 Å². The Bertz CT molecular complexity index is 940. The van der Waals surface area contributed by atoms with E-state index in [-0.39, 0.29) is 11.5 Å². The molecule has 0 radical (unpaired) electrons. The molecule has 0 atom stereocenters. The number of carbonyl (C=O) groups excluding carboxylic acids is 1. The van der Waals surface area contributed by atoms with Crippen LogP contribution in [0.25, 0.3) is 6.08 Å². The first-order valence-corrected chi connectivity index (χ1v) is 9.48. The maximum atomic E-state index is 12.7. The van der Waals surface area contributed by atoms with Crippen LogP contribution in [0.4, 0.5) is 5.69 Å². The van der Waals surface area contributed by atoms with Crippen molar-refractivity contribution in [3.63, 3.8) is 0 Å². The molecule has 1 aliphatic heterocycles. The van der Waals surface area contributed by atoms with E-state index in [4.69, 9.17) is 0 Å². The molecule has 1 amide bonds.